The van der Waals surface area contributed by atoms with E-state index in [2.05, 4.69) is 0 Å². The molecule has 0 spiro atoms. The van der Waals surface area contributed by atoms with Crippen LogP contribution in [0.5, 0.6) is 17.2 Å². The molecule has 0 unspecified atom stereocenters. The van der Waals surface area contributed by atoms with Crippen LogP contribution in [0.1, 0.15) is 18.4 Å². The molecule has 6 heteroatoms. The number of hydrogen-bond donors (Lipinski definition) is 2. The molecule has 0 saturated heterocycles. The lowest BCUT2D eigenvalue weighted by Crippen LogP contribution is -2.04. The number of methoxy groups -OCH3 is 1. The van der Waals surface area contributed by atoms with Crippen LogP contribution in [0.2, 0.25) is 0 Å². The Balaban J connectivity index is 2.13. The fraction of sp³-hybridized carbons (Fsp3) is 0.294. The molecule has 0 aliphatic heterocycles. The van der Waals surface area contributed by atoms with Crippen molar-refractivity contribution in [1.29, 1.82) is 0 Å². The van der Waals surface area contributed by atoms with Crippen molar-refractivity contribution in [1.82, 2.24) is 0 Å². The van der Waals surface area contributed by atoms with Crippen LogP contribution in [0.15, 0.2) is 36.4 Å². The SMILES string of the molecule is COc1cc(Oc2cccc(F)c2F)ccc1CCCC(O)O. The van der Waals surface area contributed by atoms with Gasteiger partial charge in [-0.1, -0.05) is 12.1 Å². The average Bonchev–Trinajstić information content (AvgIpc) is 2.52. The van der Waals surface area contributed by atoms with Gasteiger partial charge in [0, 0.05) is 6.07 Å². The van der Waals surface area contributed by atoms with Crippen LogP contribution in [-0.2, 0) is 6.42 Å². The van der Waals surface area contributed by atoms with Gasteiger partial charge in [0.05, 0.1) is 7.11 Å². The Hall–Kier alpha value is -2.18. The summed E-state index contributed by atoms with van der Waals surface area (Å²) < 4.78 is 37.4. The van der Waals surface area contributed by atoms with Crippen LogP contribution >= 0.6 is 0 Å². The van der Waals surface area contributed by atoms with E-state index in [4.69, 9.17) is 19.7 Å². The highest BCUT2D eigenvalue weighted by Gasteiger charge is 2.11. The van der Waals surface area contributed by atoms with Crippen LogP contribution in [0.3, 0.4) is 0 Å². The number of rotatable bonds is 7. The zero-order valence-corrected chi connectivity index (χ0v) is 12.6. The fourth-order valence-corrected chi connectivity index (χ4v) is 2.16. The van der Waals surface area contributed by atoms with Crippen molar-refractivity contribution in [2.75, 3.05) is 7.11 Å². The van der Waals surface area contributed by atoms with Gasteiger partial charge in [-0.25, -0.2) is 4.39 Å². The molecule has 0 heterocycles. The first kappa shape index (κ1) is 17.2. The van der Waals surface area contributed by atoms with Gasteiger partial charge in [-0.2, -0.15) is 4.39 Å². The lowest BCUT2D eigenvalue weighted by atomic mass is 10.1. The van der Waals surface area contributed by atoms with E-state index in [1.165, 1.54) is 19.2 Å². The van der Waals surface area contributed by atoms with E-state index in [0.29, 0.717) is 24.3 Å². The van der Waals surface area contributed by atoms with Crippen LogP contribution in [0.4, 0.5) is 8.78 Å². The van der Waals surface area contributed by atoms with Crippen molar-refractivity contribution in [2.24, 2.45) is 0 Å². The molecule has 0 bridgehead atoms. The lowest BCUT2D eigenvalue weighted by molar-refractivity contribution is -0.0461. The van der Waals surface area contributed by atoms with Gasteiger partial charge in [0.15, 0.2) is 17.9 Å². The van der Waals surface area contributed by atoms with Gasteiger partial charge in [-0.15, -0.1) is 0 Å². The molecule has 0 aromatic heterocycles. The van der Waals surface area contributed by atoms with Gasteiger partial charge in [-0.3, -0.25) is 0 Å². The highest BCUT2D eigenvalue weighted by atomic mass is 19.2. The third kappa shape index (κ3) is 4.64. The number of hydrogen-bond acceptors (Lipinski definition) is 4. The van der Waals surface area contributed by atoms with Crippen LogP contribution in [0, 0.1) is 11.6 Å². The van der Waals surface area contributed by atoms with Crippen molar-refractivity contribution >= 4 is 0 Å². The summed E-state index contributed by atoms with van der Waals surface area (Å²) in [5.41, 5.74) is 0.861. The molecule has 0 radical (unpaired) electrons. The van der Waals surface area contributed by atoms with E-state index in [1.807, 2.05) is 0 Å². The first-order valence-electron chi connectivity index (χ1n) is 7.16. The first-order chi connectivity index (χ1) is 11.0. The van der Waals surface area contributed by atoms with Gasteiger partial charge < -0.3 is 19.7 Å². The maximum atomic E-state index is 13.6. The Morgan fingerprint density at radius 1 is 1.09 bits per heavy atom. The van der Waals surface area contributed by atoms with Crippen molar-refractivity contribution in [3.8, 4) is 17.2 Å². The maximum absolute atomic E-state index is 13.6. The molecule has 0 aliphatic rings. The Morgan fingerprint density at radius 2 is 1.87 bits per heavy atom. The molecule has 2 rings (SSSR count). The standard InChI is InChI=1S/C17H18F2O4/c1-22-15-10-12(9-8-11(15)4-2-7-16(20)21)23-14-6-3-5-13(18)17(14)19/h3,5-6,8-10,16,20-21H,2,4,7H2,1H3. The number of aryl methyl sites for hydroxylation is 1. The van der Waals surface area contributed by atoms with Crippen LogP contribution < -0.4 is 9.47 Å². The second-order valence-electron chi connectivity index (χ2n) is 5.00. The fourth-order valence-electron chi connectivity index (χ4n) is 2.16. The molecule has 4 nitrogen and oxygen atoms in total. The molecule has 0 aliphatic carbocycles. The largest absolute Gasteiger partial charge is 0.496 e. The summed E-state index contributed by atoms with van der Waals surface area (Å²) in [6.07, 6.45) is 0.0949. The van der Waals surface area contributed by atoms with Crippen molar-refractivity contribution in [2.45, 2.75) is 25.6 Å². The number of ether oxygens (including phenoxy) is 2. The number of aliphatic hydroxyl groups is 2. The topological polar surface area (TPSA) is 58.9 Å². The Bertz CT molecular complexity index is 659. The van der Waals surface area contributed by atoms with E-state index in [9.17, 15) is 8.78 Å². The minimum Gasteiger partial charge on any atom is -0.496 e. The summed E-state index contributed by atoms with van der Waals surface area (Å²) in [6.45, 7) is 0. The minimum atomic E-state index is -1.33. The van der Waals surface area contributed by atoms with Gasteiger partial charge in [0.25, 0.3) is 0 Å². The summed E-state index contributed by atoms with van der Waals surface area (Å²) in [4.78, 5) is 0. The Labute approximate surface area is 132 Å². The van der Waals surface area contributed by atoms with Crippen molar-refractivity contribution in [3.05, 3.63) is 53.6 Å². The van der Waals surface area contributed by atoms with Gasteiger partial charge >= 0.3 is 0 Å². The second kappa shape index (κ2) is 7.89. The third-order valence-corrected chi connectivity index (χ3v) is 3.31. The predicted octanol–water partition coefficient (Wildman–Crippen LogP) is 3.40. The molecule has 0 atom stereocenters. The summed E-state index contributed by atoms with van der Waals surface area (Å²) in [7, 11) is 1.49. The second-order valence-corrected chi connectivity index (χ2v) is 5.00. The average molecular weight is 324 g/mol. The smallest absolute Gasteiger partial charge is 0.201 e. The molecule has 23 heavy (non-hydrogen) atoms. The van der Waals surface area contributed by atoms with Gasteiger partial charge in [0.2, 0.25) is 5.82 Å². The molecular formula is C17H18F2O4. The molecule has 2 N–H and O–H groups in total. The Morgan fingerprint density at radius 3 is 2.57 bits per heavy atom. The molecule has 2 aromatic rings. The van der Waals surface area contributed by atoms with Crippen LogP contribution in [-0.4, -0.2) is 23.6 Å². The maximum Gasteiger partial charge on any atom is 0.201 e. The van der Waals surface area contributed by atoms with E-state index >= 15 is 0 Å². The lowest BCUT2D eigenvalue weighted by Gasteiger charge is -2.12. The first-order valence-corrected chi connectivity index (χ1v) is 7.16. The highest BCUT2D eigenvalue weighted by Crippen LogP contribution is 2.31. The van der Waals surface area contributed by atoms with Crippen LogP contribution in [0.25, 0.3) is 0 Å². The molecule has 0 fully saturated rings. The molecule has 2 aromatic carbocycles. The van der Waals surface area contributed by atoms with E-state index in [0.717, 1.165) is 11.6 Å². The highest BCUT2D eigenvalue weighted by molar-refractivity contribution is 5.43. The quantitative estimate of drug-likeness (QED) is 0.767. The summed E-state index contributed by atoms with van der Waals surface area (Å²) in [5.74, 6) is -1.38. The van der Waals surface area contributed by atoms with E-state index in [1.54, 1.807) is 18.2 Å². The molecule has 124 valence electrons. The van der Waals surface area contributed by atoms with Gasteiger partial charge in [0.1, 0.15) is 11.5 Å². The minimum absolute atomic E-state index is 0.205. The zero-order chi connectivity index (χ0) is 16.8. The number of benzene rings is 2. The van der Waals surface area contributed by atoms with Crippen molar-refractivity contribution in [3.63, 3.8) is 0 Å². The van der Waals surface area contributed by atoms with Crippen molar-refractivity contribution < 1.29 is 28.5 Å². The molecular weight excluding hydrogens is 306 g/mol. The third-order valence-electron chi connectivity index (χ3n) is 3.31. The van der Waals surface area contributed by atoms with E-state index in [-0.39, 0.29) is 12.2 Å². The number of aliphatic hydroxyl groups excluding tert-OH is 1. The normalized spacial score (nSPS) is 10.9. The summed E-state index contributed by atoms with van der Waals surface area (Å²) >= 11 is 0. The zero-order valence-electron chi connectivity index (χ0n) is 12.6. The monoisotopic (exact) mass is 324 g/mol. The molecule has 0 amide bonds. The number of halogens is 2. The summed E-state index contributed by atoms with van der Waals surface area (Å²) in [6, 6.07) is 8.66. The van der Waals surface area contributed by atoms with E-state index < -0.39 is 17.9 Å². The predicted molar refractivity (Wildman–Crippen MR) is 80.6 cm³/mol. The molecule has 0 saturated carbocycles. The summed E-state index contributed by atoms with van der Waals surface area (Å²) in [5, 5.41) is 17.7. The van der Waals surface area contributed by atoms with Gasteiger partial charge in [-0.05, 0) is 43.0 Å². The Kier molecular flexibility index (Phi) is 5.90.